The molecule has 0 bridgehead atoms. The molecule has 0 spiro atoms. The number of ketones is 1. The van der Waals surface area contributed by atoms with Gasteiger partial charge in [-0.05, 0) is 48.6 Å². The summed E-state index contributed by atoms with van der Waals surface area (Å²) in [6, 6.07) is 9.62. The number of halogens is 2. The Balaban J connectivity index is 2.03. The molecular weight excluding hydrogens is 328 g/mol. The summed E-state index contributed by atoms with van der Waals surface area (Å²) in [6.45, 7) is -0.104. The van der Waals surface area contributed by atoms with Crippen LogP contribution >= 0.6 is 0 Å². The Labute approximate surface area is 144 Å². The maximum absolute atomic E-state index is 13.5. The molecule has 0 saturated carbocycles. The summed E-state index contributed by atoms with van der Waals surface area (Å²) in [5.74, 6) is -1.62. The first-order valence-electron chi connectivity index (χ1n) is 7.48. The number of hydrogen-bond acceptors (Lipinski definition) is 3. The van der Waals surface area contributed by atoms with E-state index in [1.165, 1.54) is 23.1 Å². The van der Waals surface area contributed by atoms with Crippen molar-refractivity contribution in [1.82, 2.24) is 4.90 Å². The summed E-state index contributed by atoms with van der Waals surface area (Å²) in [5, 5.41) is 0. The normalized spacial score (nSPS) is 10.7. The lowest BCUT2D eigenvalue weighted by atomic mass is 10.1. The molecule has 130 valence electrons. The lowest BCUT2D eigenvalue weighted by Crippen LogP contribution is -2.27. The van der Waals surface area contributed by atoms with Gasteiger partial charge in [0.05, 0.1) is 0 Å². The van der Waals surface area contributed by atoms with Crippen LogP contribution in [0.25, 0.3) is 6.08 Å². The molecule has 0 N–H and O–H groups in total. The van der Waals surface area contributed by atoms with Crippen molar-refractivity contribution in [2.75, 3.05) is 20.7 Å². The lowest BCUT2D eigenvalue weighted by Gasteiger charge is -2.11. The van der Waals surface area contributed by atoms with Gasteiger partial charge in [-0.15, -0.1) is 0 Å². The minimum Gasteiger partial charge on any atom is -0.484 e. The highest BCUT2D eigenvalue weighted by molar-refractivity contribution is 6.06. The zero-order valence-corrected chi connectivity index (χ0v) is 13.8. The molecule has 0 atom stereocenters. The molecule has 1 amide bonds. The Hall–Kier alpha value is -3.02. The van der Waals surface area contributed by atoms with Crippen molar-refractivity contribution in [3.63, 3.8) is 0 Å². The van der Waals surface area contributed by atoms with Gasteiger partial charge >= 0.3 is 0 Å². The fourth-order valence-electron chi connectivity index (χ4n) is 1.91. The van der Waals surface area contributed by atoms with Crippen LogP contribution in [0.4, 0.5) is 8.78 Å². The molecular formula is C19H17F2NO3. The third kappa shape index (κ3) is 4.97. The highest BCUT2D eigenvalue weighted by Gasteiger charge is 2.08. The van der Waals surface area contributed by atoms with Crippen molar-refractivity contribution in [3.05, 3.63) is 71.3 Å². The Kier molecular flexibility index (Phi) is 6.00. The average molecular weight is 345 g/mol. The minimum atomic E-state index is -0.738. The molecule has 0 heterocycles. The van der Waals surface area contributed by atoms with E-state index in [0.29, 0.717) is 11.3 Å². The number of allylic oxidation sites excluding steroid dienone is 1. The molecule has 0 unspecified atom stereocenters. The number of hydrogen-bond donors (Lipinski definition) is 0. The van der Waals surface area contributed by atoms with E-state index in [1.54, 1.807) is 26.2 Å². The van der Waals surface area contributed by atoms with Crippen LogP contribution < -0.4 is 4.74 Å². The van der Waals surface area contributed by atoms with Crippen LogP contribution in [0.2, 0.25) is 0 Å². The van der Waals surface area contributed by atoms with Crippen LogP contribution in [0.5, 0.6) is 5.75 Å². The molecule has 0 aliphatic carbocycles. The van der Waals surface area contributed by atoms with Crippen LogP contribution in [-0.4, -0.2) is 37.3 Å². The molecule has 0 aliphatic rings. The number of likely N-dealkylation sites (N-methyl/N-ethyl adjacent to an activating group) is 1. The van der Waals surface area contributed by atoms with E-state index in [1.807, 2.05) is 0 Å². The van der Waals surface area contributed by atoms with Gasteiger partial charge in [0.15, 0.2) is 12.4 Å². The highest BCUT2D eigenvalue weighted by Crippen LogP contribution is 2.16. The number of nitrogens with zero attached hydrogens (tertiary/aromatic N) is 1. The number of carbonyl (C=O) groups excluding carboxylic acids is 2. The topological polar surface area (TPSA) is 46.6 Å². The fraction of sp³-hybridized carbons (Fsp3) is 0.158. The van der Waals surface area contributed by atoms with Gasteiger partial charge in [-0.2, -0.15) is 0 Å². The molecule has 0 fully saturated rings. The largest absolute Gasteiger partial charge is 0.484 e. The standard InChI is InChI=1S/C19H17F2NO3/c1-22(2)19(24)12-25-14-8-6-13(7-9-14)18(23)11-10-15-16(20)4-3-5-17(15)21/h3-11H,12H2,1-2H3/b11-10+. The number of carbonyl (C=O) groups is 2. The maximum Gasteiger partial charge on any atom is 0.259 e. The van der Waals surface area contributed by atoms with Crippen molar-refractivity contribution >= 4 is 17.8 Å². The molecule has 0 radical (unpaired) electrons. The number of ether oxygens (including phenoxy) is 1. The van der Waals surface area contributed by atoms with Crippen molar-refractivity contribution in [2.24, 2.45) is 0 Å². The van der Waals surface area contributed by atoms with E-state index >= 15 is 0 Å². The molecule has 0 aromatic heterocycles. The van der Waals surface area contributed by atoms with Gasteiger partial charge in [0, 0.05) is 25.2 Å². The first kappa shape index (κ1) is 18.3. The van der Waals surface area contributed by atoms with Crippen molar-refractivity contribution in [1.29, 1.82) is 0 Å². The molecule has 0 saturated heterocycles. The fourth-order valence-corrected chi connectivity index (χ4v) is 1.91. The zero-order valence-electron chi connectivity index (χ0n) is 13.8. The maximum atomic E-state index is 13.5. The highest BCUT2D eigenvalue weighted by atomic mass is 19.1. The van der Waals surface area contributed by atoms with E-state index in [0.717, 1.165) is 24.3 Å². The number of rotatable bonds is 6. The summed E-state index contributed by atoms with van der Waals surface area (Å²) in [6.07, 6.45) is 2.21. The molecule has 2 aromatic rings. The van der Waals surface area contributed by atoms with Gasteiger partial charge in [-0.25, -0.2) is 8.78 Å². The SMILES string of the molecule is CN(C)C(=O)COc1ccc(C(=O)/C=C/c2c(F)cccc2F)cc1. The second-order valence-electron chi connectivity index (χ2n) is 5.43. The quantitative estimate of drug-likeness (QED) is 0.596. The van der Waals surface area contributed by atoms with Crippen LogP contribution in [0.15, 0.2) is 48.5 Å². The third-order valence-electron chi connectivity index (χ3n) is 3.40. The van der Waals surface area contributed by atoms with E-state index in [4.69, 9.17) is 4.74 Å². The molecule has 0 aliphatic heterocycles. The number of benzene rings is 2. The van der Waals surface area contributed by atoms with Gasteiger partial charge in [-0.3, -0.25) is 9.59 Å². The van der Waals surface area contributed by atoms with Crippen LogP contribution in [0.3, 0.4) is 0 Å². The van der Waals surface area contributed by atoms with Crippen molar-refractivity contribution in [3.8, 4) is 5.75 Å². The second kappa shape index (κ2) is 8.19. The Morgan fingerprint density at radius 2 is 1.64 bits per heavy atom. The molecule has 4 nitrogen and oxygen atoms in total. The van der Waals surface area contributed by atoms with Crippen LogP contribution in [0.1, 0.15) is 15.9 Å². The predicted octanol–water partition coefficient (Wildman–Crippen LogP) is 3.33. The van der Waals surface area contributed by atoms with E-state index in [-0.39, 0.29) is 18.1 Å². The predicted molar refractivity (Wildman–Crippen MR) is 90.4 cm³/mol. The van der Waals surface area contributed by atoms with Crippen LogP contribution in [-0.2, 0) is 4.79 Å². The summed E-state index contributed by atoms with van der Waals surface area (Å²) in [7, 11) is 3.25. The summed E-state index contributed by atoms with van der Waals surface area (Å²) < 4.78 is 32.3. The molecule has 2 rings (SSSR count). The van der Waals surface area contributed by atoms with Crippen molar-refractivity contribution < 1.29 is 23.1 Å². The summed E-state index contributed by atoms with van der Waals surface area (Å²) in [4.78, 5) is 24.9. The monoisotopic (exact) mass is 345 g/mol. The van der Waals surface area contributed by atoms with Gasteiger partial charge in [-0.1, -0.05) is 6.07 Å². The lowest BCUT2D eigenvalue weighted by molar-refractivity contribution is -0.130. The molecule has 25 heavy (non-hydrogen) atoms. The smallest absolute Gasteiger partial charge is 0.259 e. The Bertz CT molecular complexity index is 779. The van der Waals surface area contributed by atoms with Gasteiger partial charge < -0.3 is 9.64 Å². The third-order valence-corrected chi connectivity index (χ3v) is 3.40. The van der Waals surface area contributed by atoms with Gasteiger partial charge in [0.25, 0.3) is 5.91 Å². The van der Waals surface area contributed by atoms with E-state index in [9.17, 15) is 18.4 Å². The summed E-state index contributed by atoms with van der Waals surface area (Å²) >= 11 is 0. The number of amides is 1. The Morgan fingerprint density at radius 3 is 2.20 bits per heavy atom. The molecule has 6 heteroatoms. The Morgan fingerprint density at radius 1 is 1.04 bits per heavy atom. The van der Waals surface area contributed by atoms with E-state index < -0.39 is 17.4 Å². The first-order valence-corrected chi connectivity index (χ1v) is 7.48. The minimum absolute atomic E-state index is 0.104. The second-order valence-corrected chi connectivity index (χ2v) is 5.43. The average Bonchev–Trinajstić information content (AvgIpc) is 2.59. The van der Waals surface area contributed by atoms with Crippen molar-refractivity contribution in [2.45, 2.75) is 0 Å². The van der Waals surface area contributed by atoms with Gasteiger partial charge in [0.2, 0.25) is 0 Å². The summed E-state index contributed by atoms with van der Waals surface area (Å²) in [5.41, 5.74) is 0.0669. The van der Waals surface area contributed by atoms with E-state index in [2.05, 4.69) is 0 Å². The molecule has 2 aromatic carbocycles. The first-order chi connectivity index (χ1) is 11.9. The zero-order chi connectivity index (χ0) is 18.4. The van der Waals surface area contributed by atoms with Gasteiger partial charge in [0.1, 0.15) is 17.4 Å². The van der Waals surface area contributed by atoms with Crippen LogP contribution in [0, 0.1) is 11.6 Å².